The summed E-state index contributed by atoms with van der Waals surface area (Å²) in [5.74, 6) is 1.10. The van der Waals surface area contributed by atoms with Crippen LogP contribution in [0, 0.1) is 6.92 Å². The second-order valence-electron chi connectivity index (χ2n) is 7.39. The number of hydrogen-bond acceptors (Lipinski definition) is 5. The molecular formula is C25H28N2O4S2. The van der Waals surface area contributed by atoms with Crippen molar-refractivity contribution in [2.24, 2.45) is 0 Å². The molecular weight excluding hydrogens is 456 g/mol. The van der Waals surface area contributed by atoms with Gasteiger partial charge >= 0.3 is 0 Å². The molecule has 0 atom stereocenters. The Labute approximate surface area is 200 Å². The first-order valence-electron chi connectivity index (χ1n) is 10.6. The normalized spacial score (nSPS) is 11.1. The lowest BCUT2D eigenvalue weighted by Gasteiger charge is -2.24. The van der Waals surface area contributed by atoms with E-state index in [0.29, 0.717) is 18.0 Å². The SMILES string of the molecule is COc1ccc(N(CC(=O)NCCCSc2ccccc2)S(=O)(=O)c2ccc(C)cc2)cc1. The summed E-state index contributed by atoms with van der Waals surface area (Å²) in [5.41, 5.74) is 1.35. The van der Waals surface area contributed by atoms with Gasteiger partial charge in [0, 0.05) is 11.4 Å². The van der Waals surface area contributed by atoms with Crippen LogP contribution >= 0.6 is 11.8 Å². The van der Waals surface area contributed by atoms with E-state index >= 15 is 0 Å². The van der Waals surface area contributed by atoms with Crippen LogP contribution in [0.2, 0.25) is 0 Å². The standard InChI is InChI=1S/C25H28N2O4S2/c1-20-9-15-24(16-10-20)33(29,30)27(21-11-13-22(31-2)14-12-21)19-25(28)26-17-6-18-32-23-7-4-3-5-8-23/h3-5,7-16H,6,17-19H2,1-2H3,(H,26,28). The Morgan fingerprint density at radius 2 is 1.64 bits per heavy atom. The van der Waals surface area contributed by atoms with Gasteiger partial charge in [0.05, 0.1) is 17.7 Å². The number of methoxy groups -OCH3 is 1. The van der Waals surface area contributed by atoms with Crippen molar-refractivity contribution >= 4 is 33.4 Å². The number of anilines is 1. The summed E-state index contributed by atoms with van der Waals surface area (Å²) in [7, 11) is -2.39. The van der Waals surface area contributed by atoms with Gasteiger partial charge in [0.25, 0.3) is 10.0 Å². The van der Waals surface area contributed by atoms with E-state index in [-0.39, 0.29) is 17.3 Å². The van der Waals surface area contributed by atoms with E-state index in [1.807, 2.05) is 37.3 Å². The number of sulfonamides is 1. The minimum absolute atomic E-state index is 0.135. The topological polar surface area (TPSA) is 75.7 Å². The van der Waals surface area contributed by atoms with Crippen LogP contribution in [0.4, 0.5) is 5.69 Å². The van der Waals surface area contributed by atoms with Crippen molar-refractivity contribution in [3.05, 3.63) is 84.4 Å². The minimum atomic E-state index is -3.93. The Morgan fingerprint density at radius 1 is 0.970 bits per heavy atom. The van der Waals surface area contributed by atoms with Crippen molar-refractivity contribution in [3.63, 3.8) is 0 Å². The largest absolute Gasteiger partial charge is 0.497 e. The molecule has 6 nitrogen and oxygen atoms in total. The summed E-state index contributed by atoms with van der Waals surface area (Å²) in [4.78, 5) is 14.0. The highest BCUT2D eigenvalue weighted by atomic mass is 32.2. The fraction of sp³-hybridized carbons (Fsp3) is 0.240. The highest BCUT2D eigenvalue weighted by Gasteiger charge is 2.27. The van der Waals surface area contributed by atoms with Gasteiger partial charge in [-0.05, 0) is 67.6 Å². The van der Waals surface area contributed by atoms with Crippen LogP contribution in [0.25, 0.3) is 0 Å². The molecule has 1 N–H and O–H groups in total. The van der Waals surface area contributed by atoms with Crippen molar-refractivity contribution in [2.75, 3.05) is 30.3 Å². The molecule has 0 aliphatic rings. The summed E-state index contributed by atoms with van der Waals surface area (Å²) in [5, 5.41) is 2.84. The van der Waals surface area contributed by atoms with E-state index in [4.69, 9.17) is 4.74 Å². The average Bonchev–Trinajstić information content (AvgIpc) is 2.83. The van der Waals surface area contributed by atoms with Crippen LogP contribution in [0.5, 0.6) is 5.75 Å². The molecule has 0 saturated carbocycles. The Hall–Kier alpha value is -2.97. The van der Waals surface area contributed by atoms with Gasteiger partial charge in [-0.15, -0.1) is 11.8 Å². The number of rotatable bonds is 11. The maximum Gasteiger partial charge on any atom is 0.264 e. The zero-order valence-corrected chi connectivity index (χ0v) is 20.4. The van der Waals surface area contributed by atoms with Crippen molar-refractivity contribution < 1.29 is 17.9 Å². The van der Waals surface area contributed by atoms with Crippen LogP contribution in [-0.4, -0.2) is 40.3 Å². The predicted octanol–water partition coefficient (Wildman–Crippen LogP) is 4.50. The van der Waals surface area contributed by atoms with Crippen molar-refractivity contribution in [2.45, 2.75) is 23.1 Å². The molecule has 0 aromatic heterocycles. The zero-order chi connectivity index (χ0) is 23.7. The van der Waals surface area contributed by atoms with Crippen molar-refractivity contribution in [3.8, 4) is 5.75 Å². The quantitative estimate of drug-likeness (QED) is 0.320. The van der Waals surface area contributed by atoms with Crippen LogP contribution in [0.1, 0.15) is 12.0 Å². The van der Waals surface area contributed by atoms with Gasteiger partial charge in [0.1, 0.15) is 12.3 Å². The third kappa shape index (κ3) is 7.00. The van der Waals surface area contributed by atoms with E-state index in [9.17, 15) is 13.2 Å². The van der Waals surface area contributed by atoms with Gasteiger partial charge in [0.15, 0.2) is 0 Å². The van der Waals surface area contributed by atoms with Gasteiger partial charge in [-0.25, -0.2) is 8.42 Å². The smallest absolute Gasteiger partial charge is 0.264 e. The second kappa shape index (κ2) is 11.8. The molecule has 8 heteroatoms. The molecule has 174 valence electrons. The monoisotopic (exact) mass is 484 g/mol. The highest BCUT2D eigenvalue weighted by Crippen LogP contribution is 2.26. The first-order chi connectivity index (χ1) is 15.9. The van der Waals surface area contributed by atoms with E-state index in [2.05, 4.69) is 5.32 Å². The molecule has 0 aliphatic heterocycles. The van der Waals surface area contributed by atoms with Gasteiger partial charge in [-0.3, -0.25) is 9.10 Å². The van der Waals surface area contributed by atoms with Crippen molar-refractivity contribution in [1.29, 1.82) is 0 Å². The van der Waals surface area contributed by atoms with Gasteiger partial charge < -0.3 is 10.1 Å². The van der Waals surface area contributed by atoms with E-state index in [1.165, 1.54) is 4.90 Å². The number of ether oxygens (including phenoxy) is 1. The van der Waals surface area contributed by atoms with Crippen LogP contribution in [-0.2, 0) is 14.8 Å². The Morgan fingerprint density at radius 3 is 2.27 bits per heavy atom. The molecule has 0 heterocycles. The number of amides is 1. The highest BCUT2D eigenvalue weighted by molar-refractivity contribution is 7.99. The summed E-state index contributed by atoms with van der Waals surface area (Å²) >= 11 is 1.72. The fourth-order valence-corrected chi connectivity index (χ4v) is 5.39. The summed E-state index contributed by atoms with van der Waals surface area (Å²) < 4.78 is 33.1. The average molecular weight is 485 g/mol. The lowest BCUT2D eigenvalue weighted by Crippen LogP contribution is -2.41. The third-order valence-corrected chi connectivity index (χ3v) is 7.80. The maximum atomic E-state index is 13.4. The van der Waals surface area contributed by atoms with E-state index in [0.717, 1.165) is 22.0 Å². The van der Waals surface area contributed by atoms with Gasteiger partial charge in [-0.2, -0.15) is 0 Å². The van der Waals surface area contributed by atoms with Crippen LogP contribution in [0.3, 0.4) is 0 Å². The molecule has 3 rings (SSSR count). The molecule has 1 amide bonds. The van der Waals surface area contributed by atoms with E-state index < -0.39 is 10.0 Å². The molecule has 33 heavy (non-hydrogen) atoms. The predicted molar refractivity (Wildman–Crippen MR) is 133 cm³/mol. The number of thioether (sulfide) groups is 1. The summed E-state index contributed by atoms with van der Waals surface area (Å²) in [6, 6.07) is 23.3. The first-order valence-corrected chi connectivity index (χ1v) is 13.0. The lowest BCUT2D eigenvalue weighted by molar-refractivity contribution is -0.119. The first kappa shape index (κ1) is 24.7. The van der Waals surface area contributed by atoms with Crippen LogP contribution in [0.15, 0.2) is 88.7 Å². The minimum Gasteiger partial charge on any atom is -0.497 e. The summed E-state index contributed by atoms with van der Waals surface area (Å²) in [6.07, 6.45) is 0.776. The maximum absolute atomic E-state index is 13.4. The lowest BCUT2D eigenvalue weighted by atomic mass is 10.2. The number of nitrogens with one attached hydrogen (secondary N) is 1. The molecule has 0 saturated heterocycles. The Bertz CT molecular complexity index is 1130. The molecule has 0 unspecified atom stereocenters. The number of hydrogen-bond donors (Lipinski definition) is 1. The fourth-order valence-electron chi connectivity index (χ4n) is 3.09. The summed E-state index contributed by atoms with van der Waals surface area (Å²) in [6.45, 7) is 2.05. The number of carbonyl (C=O) groups is 1. The Kier molecular flexibility index (Phi) is 8.79. The number of carbonyl (C=O) groups excluding carboxylic acids is 1. The number of nitrogens with zero attached hydrogens (tertiary/aromatic N) is 1. The molecule has 0 radical (unpaired) electrons. The molecule has 0 aliphatic carbocycles. The molecule has 3 aromatic rings. The molecule has 3 aromatic carbocycles. The zero-order valence-electron chi connectivity index (χ0n) is 18.7. The van der Waals surface area contributed by atoms with Gasteiger partial charge in [-0.1, -0.05) is 35.9 Å². The molecule has 0 bridgehead atoms. The third-order valence-electron chi connectivity index (χ3n) is 4.91. The van der Waals surface area contributed by atoms with Crippen LogP contribution < -0.4 is 14.4 Å². The van der Waals surface area contributed by atoms with Gasteiger partial charge in [0.2, 0.25) is 5.91 Å². The number of benzene rings is 3. The molecule has 0 fully saturated rings. The Balaban J connectivity index is 1.67. The van der Waals surface area contributed by atoms with Crippen molar-refractivity contribution in [1.82, 2.24) is 5.32 Å². The second-order valence-corrected chi connectivity index (χ2v) is 10.4. The molecule has 0 spiro atoms. The van der Waals surface area contributed by atoms with E-state index in [1.54, 1.807) is 67.4 Å². The number of aryl methyl sites for hydroxylation is 1.